The smallest absolute Gasteiger partial charge is 0.413 e. The lowest BCUT2D eigenvalue weighted by Gasteiger charge is -2.21. The van der Waals surface area contributed by atoms with E-state index in [1.54, 1.807) is 37.3 Å². The van der Waals surface area contributed by atoms with Crippen molar-refractivity contribution in [2.45, 2.75) is 25.7 Å². The van der Waals surface area contributed by atoms with Crippen LogP contribution >= 0.6 is 0 Å². The summed E-state index contributed by atoms with van der Waals surface area (Å²) in [6.45, 7) is 1.84. The topological polar surface area (TPSA) is 84.9 Å². The van der Waals surface area contributed by atoms with Gasteiger partial charge in [0.15, 0.2) is 6.04 Å². The summed E-state index contributed by atoms with van der Waals surface area (Å²) in [6, 6.07) is 16.6. The Morgan fingerprint density at radius 3 is 2.21 bits per heavy atom. The number of aliphatic carboxylic acids is 1. The van der Waals surface area contributed by atoms with Crippen LogP contribution in [0.4, 0.5) is 4.79 Å². The summed E-state index contributed by atoms with van der Waals surface area (Å²) in [5.41, 5.74) is 0.917. The summed E-state index contributed by atoms with van der Waals surface area (Å²) in [5.74, 6) is -0.863. The third-order valence-electron chi connectivity index (χ3n) is 3.32. The average Bonchev–Trinajstić information content (AvgIpc) is 2.59. The molecule has 2 atom stereocenters. The Bertz CT molecular complexity index is 660. The van der Waals surface area contributed by atoms with Crippen LogP contribution in [0.25, 0.3) is 0 Å². The van der Waals surface area contributed by atoms with E-state index in [1.165, 1.54) is 0 Å². The molecule has 6 heteroatoms. The van der Waals surface area contributed by atoms with Crippen molar-refractivity contribution in [2.75, 3.05) is 0 Å². The van der Waals surface area contributed by atoms with E-state index in [4.69, 9.17) is 9.47 Å². The molecular formula is C18H19NO5. The highest BCUT2D eigenvalue weighted by Crippen LogP contribution is 2.10. The van der Waals surface area contributed by atoms with Gasteiger partial charge in [0.1, 0.15) is 5.75 Å². The molecule has 126 valence electrons. The van der Waals surface area contributed by atoms with E-state index in [0.29, 0.717) is 5.75 Å². The molecule has 2 rings (SSSR count). The minimum atomic E-state index is -1.22. The van der Waals surface area contributed by atoms with Gasteiger partial charge in [0.05, 0.1) is 12.7 Å². The van der Waals surface area contributed by atoms with Gasteiger partial charge in [0.25, 0.3) is 0 Å². The summed E-state index contributed by atoms with van der Waals surface area (Å²) < 4.78 is 10.6. The number of nitrogens with one attached hydrogen (secondary N) is 1. The zero-order chi connectivity index (χ0) is 17.4. The first-order valence-corrected chi connectivity index (χ1v) is 7.48. The quantitative estimate of drug-likeness (QED) is 0.816. The molecule has 24 heavy (non-hydrogen) atoms. The van der Waals surface area contributed by atoms with E-state index in [-0.39, 0.29) is 6.61 Å². The molecule has 2 aromatic rings. The van der Waals surface area contributed by atoms with Crippen molar-refractivity contribution in [3.63, 3.8) is 0 Å². The fourth-order valence-corrected chi connectivity index (χ4v) is 2.03. The lowest BCUT2D eigenvalue weighted by Crippen LogP contribution is -2.49. The van der Waals surface area contributed by atoms with Crippen LogP contribution in [0.2, 0.25) is 0 Å². The number of para-hydroxylation sites is 1. The number of carboxylic acid groups (broad SMARTS) is 1. The first-order chi connectivity index (χ1) is 11.6. The van der Waals surface area contributed by atoms with Gasteiger partial charge in [0, 0.05) is 0 Å². The van der Waals surface area contributed by atoms with Gasteiger partial charge in [-0.25, -0.2) is 9.59 Å². The van der Waals surface area contributed by atoms with Crippen LogP contribution in [-0.2, 0) is 16.1 Å². The number of ether oxygens (including phenoxy) is 2. The van der Waals surface area contributed by atoms with Crippen molar-refractivity contribution in [2.24, 2.45) is 0 Å². The van der Waals surface area contributed by atoms with Crippen LogP contribution < -0.4 is 10.1 Å². The lowest BCUT2D eigenvalue weighted by atomic mass is 10.2. The number of benzene rings is 2. The van der Waals surface area contributed by atoms with Gasteiger partial charge < -0.3 is 19.9 Å². The zero-order valence-corrected chi connectivity index (χ0v) is 13.2. The highest BCUT2D eigenvalue weighted by molar-refractivity contribution is 5.81. The number of rotatable bonds is 7. The van der Waals surface area contributed by atoms with E-state index < -0.39 is 24.2 Å². The summed E-state index contributed by atoms with van der Waals surface area (Å²) in [6.07, 6.45) is -1.57. The molecule has 0 heterocycles. The van der Waals surface area contributed by atoms with Crippen molar-refractivity contribution in [1.82, 2.24) is 5.32 Å². The van der Waals surface area contributed by atoms with E-state index in [0.717, 1.165) is 5.56 Å². The normalized spacial score (nSPS) is 12.9. The Kier molecular flexibility index (Phi) is 6.33. The molecule has 2 N–H and O–H groups in total. The average molecular weight is 329 g/mol. The SMILES string of the molecule is C[C@@H](OCc1ccccc1)[C@H](NC(=O)Oc1ccccc1)C(=O)O. The predicted octanol–water partition coefficient (Wildman–Crippen LogP) is 2.83. The van der Waals surface area contributed by atoms with Crippen molar-refractivity contribution < 1.29 is 24.2 Å². The van der Waals surface area contributed by atoms with Crippen molar-refractivity contribution in [3.8, 4) is 5.75 Å². The minimum absolute atomic E-state index is 0.251. The van der Waals surface area contributed by atoms with Crippen LogP contribution in [0.1, 0.15) is 12.5 Å². The van der Waals surface area contributed by atoms with E-state index in [2.05, 4.69) is 5.32 Å². The van der Waals surface area contributed by atoms with Crippen molar-refractivity contribution in [1.29, 1.82) is 0 Å². The highest BCUT2D eigenvalue weighted by Gasteiger charge is 2.28. The minimum Gasteiger partial charge on any atom is -0.480 e. The van der Waals surface area contributed by atoms with E-state index >= 15 is 0 Å². The molecule has 2 aromatic carbocycles. The molecule has 0 bridgehead atoms. The summed E-state index contributed by atoms with van der Waals surface area (Å²) >= 11 is 0. The van der Waals surface area contributed by atoms with Crippen LogP contribution in [0.5, 0.6) is 5.75 Å². The lowest BCUT2D eigenvalue weighted by molar-refractivity contribution is -0.143. The molecule has 6 nitrogen and oxygen atoms in total. The van der Waals surface area contributed by atoms with Gasteiger partial charge in [-0.3, -0.25) is 0 Å². The van der Waals surface area contributed by atoms with Crippen molar-refractivity contribution >= 4 is 12.1 Å². The van der Waals surface area contributed by atoms with Crippen LogP contribution in [0, 0.1) is 0 Å². The maximum atomic E-state index is 11.9. The Morgan fingerprint density at radius 2 is 1.62 bits per heavy atom. The molecule has 0 saturated carbocycles. The second-order valence-electron chi connectivity index (χ2n) is 5.16. The molecule has 0 unspecified atom stereocenters. The second-order valence-corrected chi connectivity index (χ2v) is 5.16. The van der Waals surface area contributed by atoms with Gasteiger partial charge in [-0.15, -0.1) is 0 Å². The number of carboxylic acids is 1. The monoisotopic (exact) mass is 329 g/mol. The molecule has 1 amide bonds. The molecule has 0 aromatic heterocycles. The Balaban J connectivity index is 1.90. The first-order valence-electron chi connectivity index (χ1n) is 7.48. The van der Waals surface area contributed by atoms with Gasteiger partial charge >= 0.3 is 12.1 Å². The Labute approximate surface area is 140 Å². The molecule has 0 radical (unpaired) electrons. The third-order valence-corrected chi connectivity index (χ3v) is 3.32. The van der Waals surface area contributed by atoms with Crippen molar-refractivity contribution in [3.05, 3.63) is 66.2 Å². The molecule has 0 spiro atoms. The summed E-state index contributed by atoms with van der Waals surface area (Å²) in [4.78, 5) is 23.2. The maximum absolute atomic E-state index is 11.9. The molecule has 0 aliphatic rings. The van der Waals surface area contributed by atoms with Crippen LogP contribution in [0.15, 0.2) is 60.7 Å². The number of carbonyl (C=O) groups is 2. The van der Waals surface area contributed by atoms with Gasteiger partial charge in [-0.1, -0.05) is 48.5 Å². The molecule has 0 aliphatic heterocycles. The maximum Gasteiger partial charge on any atom is 0.413 e. The molecule has 0 saturated heterocycles. The molecule has 0 fully saturated rings. The number of amides is 1. The standard InChI is InChI=1S/C18H19NO5/c1-13(23-12-14-8-4-2-5-9-14)16(17(20)21)19-18(22)24-15-10-6-3-7-11-15/h2-11,13,16H,12H2,1H3,(H,19,22)(H,20,21)/t13-,16+/m1/s1. The highest BCUT2D eigenvalue weighted by atomic mass is 16.6. The van der Waals surface area contributed by atoms with Crippen LogP contribution in [-0.4, -0.2) is 29.3 Å². The Hall–Kier alpha value is -2.86. The van der Waals surface area contributed by atoms with Gasteiger partial charge in [0.2, 0.25) is 0 Å². The fourth-order valence-electron chi connectivity index (χ4n) is 2.03. The van der Waals surface area contributed by atoms with E-state index in [9.17, 15) is 14.7 Å². The van der Waals surface area contributed by atoms with Gasteiger partial charge in [-0.05, 0) is 24.6 Å². The summed E-state index contributed by atoms with van der Waals surface area (Å²) in [7, 11) is 0. The molecular weight excluding hydrogens is 310 g/mol. The first kappa shape index (κ1) is 17.5. The predicted molar refractivity (Wildman–Crippen MR) is 87.7 cm³/mol. The number of hydrogen-bond donors (Lipinski definition) is 2. The summed E-state index contributed by atoms with van der Waals surface area (Å²) in [5, 5.41) is 11.6. The van der Waals surface area contributed by atoms with E-state index in [1.807, 2.05) is 30.3 Å². The third kappa shape index (κ3) is 5.40. The van der Waals surface area contributed by atoms with Gasteiger partial charge in [-0.2, -0.15) is 0 Å². The van der Waals surface area contributed by atoms with Crippen LogP contribution in [0.3, 0.4) is 0 Å². The zero-order valence-electron chi connectivity index (χ0n) is 13.2. The largest absolute Gasteiger partial charge is 0.480 e. The molecule has 0 aliphatic carbocycles. The number of hydrogen-bond acceptors (Lipinski definition) is 4. The Morgan fingerprint density at radius 1 is 1.04 bits per heavy atom. The number of carbonyl (C=O) groups excluding carboxylic acids is 1. The second kappa shape index (κ2) is 8.69. The fraction of sp³-hybridized carbons (Fsp3) is 0.222.